The summed E-state index contributed by atoms with van der Waals surface area (Å²) < 4.78 is 0. The van der Waals surface area contributed by atoms with Crippen LogP contribution in [0.25, 0.3) is 0 Å². The van der Waals surface area contributed by atoms with Gasteiger partial charge in [-0.15, -0.1) is 0 Å². The number of rotatable bonds is 8. The molecular weight excluding hydrogens is 250 g/mol. The number of hydrogen-bond acceptors (Lipinski definition) is 2. The second-order valence-corrected chi connectivity index (χ2v) is 5.40. The van der Waals surface area contributed by atoms with Crippen LogP contribution in [-0.2, 0) is 0 Å². The van der Waals surface area contributed by atoms with Gasteiger partial charge in [-0.05, 0) is 38.0 Å². The Kier molecular flexibility index (Phi) is 7.09. The van der Waals surface area contributed by atoms with Gasteiger partial charge in [-0.3, -0.25) is 0 Å². The number of amides is 2. The summed E-state index contributed by atoms with van der Waals surface area (Å²) in [5.41, 5.74) is 7.02. The summed E-state index contributed by atoms with van der Waals surface area (Å²) in [6.45, 7) is 6.62. The van der Waals surface area contributed by atoms with Crippen molar-refractivity contribution in [1.29, 1.82) is 0 Å². The smallest absolute Gasteiger partial charge is 0.316 e. The first-order valence-electron chi connectivity index (χ1n) is 7.45. The zero-order valence-corrected chi connectivity index (χ0v) is 12.8. The van der Waals surface area contributed by atoms with Gasteiger partial charge in [0, 0.05) is 17.8 Å². The lowest BCUT2D eigenvalue weighted by atomic mass is 10.0. The summed E-state index contributed by atoms with van der Waals surface area (Å²) in [6.07, 6.45) is 5.04. The van der Waals surface area contributed by atoms with Gasteiger partial charge < -0.3 is 16.4 Å². The first-order chi connectivity index (χ1) is 9.52. The molecule has 1 aromatic rings. The van der Waals surface area contributed by atoms with E-state index in [4.69, 9.17) is 5.73 Å². The summed E-state index contributed by atoms with van der Waals surface area (Å²) in [7, 11) is 0. The summed E-state index contributed by atoms with van der Waals surface area (Å²) in [6, 6.07) is 8.06. The van der Waals surface area contributed by atoms with Crippen molar-refractivity contribution >= 4 is 11.7 Å². The normalized spacial score (nSPS) is 13.8. The number of primary amides is 1. The molecule has 0 heterocycles. The number of nitrogens with one attached hydrogen (secondary N) is 2. The van der Waals surface area contributed by atoms with Crippen LogP contribution in [0.3, 0.4) is 0 Å². The average Bonchev–Trinajstić information content (AvgIpc) is 2.39. The molecule has 0 radical (unpaired) electrons. The summed E-state index contributed by atoms with van der Waals surface area (Å²) >= 11 is 0. The number of nitrogens with two attached hydrogens (primary N) is 1. The van der Waals surface area contributed by atoms with Crippen molar-refractivity contribution in [3.8, 4) is 0 Å². The minimum atomic E-state index is -0.534. The number of benzene rings is 1. The Labute approximate surface area is 122 Å². The maximum atomic E-state index is 10.8. The second-order valence-electron chi connectivity index (χ2n) is 5.40. The number of urea groups is 1. The predicted octanol–water partition coefficient (Wildman–Crippen LogP) is 3.80. The van der Waals surface area contributed by atoms with Gasteiger partial charge in [0.15, 0.2) is 0 Å². The molecule has 4 heteroatoms. The molecule has 0 aliphatic rings. The summed E-state index contributed by atoms with van der Waals surface area (Å²) in [5.74, 6) is 0. The van der Waals surface area contributed by atoms with E-state index in [1.54, 1.807) is 0 Å². The van der Waals surface area contributed by atoms with Crippen LogP contribution in [0.2, 0.25) is 0 Å². The SMILES string of the molecule is CCCCCC(C)NC(C)c1ccc(NC(N)=O)cc1. The molecule has 0 aliphatic heterocycles. The van der Waals surface area contributed by atoms with Gasteiger partial charge in [-0.1, -0.05) is 38.3 Å². The molecule has 0 saturated heterocycles. The highest BCUT2D eigenvalue weighted by Gasteiger charge is 2.09. The van der Waals surface area contributed by atoms with Crippen molar-refractivity contribution < 1.29 is 4.79 Å². The second kappa shape index (κ2) is 8.59. The molecule has 0 aliphatic carbocycles. The van der Waals surface area contributed by atoms with Crippen molar-refractivity contribution in [1.82, 2.24) is 5.32 Å². The molecule has 2 amide bonds. The topological polar surface area (TPSA) is 67.2 Å². The first kappa shape index (κ1) is 16.5. The van der Waals surface area contributed by atoms with Crippen LogP contribution in [0.15, 0.2) is 24.3 Å². The average molecular weight is 277 g/mol. The van der Waals surface area contributed by atoms with E-state index in [1.165, 1.54) is 31.2 Å². The summed E-state index contributed by atoms with van der Waals surface area (Å²) in [5, 5.41) is 6.17. The van der Waals surface area contributed by atoms with E-state index in [9.17, 15) is 4.79 Å². The van der Waals surface area contributed by atoms with Gasteiger partial charge in [0.25, 0.3) is 0 Å². The van der Waals surface area contributed by atoms with Crippen LogP contribution in [0, 0.1) is 0 Å². The van der Waals surface area contributed by atoms with E-state index in [0.717, 1.165) is 5.69 Å². The number of anilines is 1. The fourth-order valence-corrected chi connectivity index (χ4v) is 2.30. The Balaban J connectivity index is 2.46. The van der Waals surface area contributed by atoms with Crippen LogP contribution >= 0.6 is 0 Å². The highest BCUT2D eigenvalue weighted by molar-refractivity contribution is 5.87. The Morgan fingerprint density at radius 3 is 2.40 bits per heavy atom. The molecule has 2 unspecified atom stereocenters. The molecule has 4 nitrogen and oxygen atoms in total. The fourth-order valence-electron chi connectivity index (χ4n) is 2.30. The number of unbranched alkanes of at least 4 members (excludes halogenated alkanes) is 2. The maximum Gasteiger partial charge on any atom is 0.316 e. The lowest BCUT2D eigenvalue weighted by Crippen LogP contribution is -2.28. The number of carbonyl (C=O) groups is 1. The highest BCUT2D eigenvalue weighted by atomic mass is 16.2. The lowest BCUT2D eigenvalue weighted by Gasteiger charge is -2.20. The van der Waals surface area contributed by atoms with Gasteiger partial charge in [-0.25, -0.2) is 4.79 Å². The van der Waals surface area contributed by atoms with Crippen molar-refractivity contribution in [2.75, 3.05) is 5.32 Å². The monoisotopic (exact) mass is 277 g/mol. The molecule has 0 aromatic heterocycles. The van der Waals surface area contributed by atoms with E-state index in [0.29, 0.717) is 12.1 Å². The van der Waals surface area contributed by atoms with Crippen molar-refractivity contribution in [2.24, 2.45) is 5.73 Å². The van der Waals surface area contributed by atoms with Crippen LogP contribution in [0.1, 0.15) is 58.1 Å². The fraction of sp³-hybridized carbons (Fsp3) is 0.562. The molecule has 0 bridgehead atoms. The van der Waals surface area contributed by atoms with Crippen LogP contribution < -0.4 is 16.4 Å². The van der Waals surface area contributed by atoms with E-state index in [1.807, 2.05) is 24.3 Å². The molecule has 4 N–H and O–H groups in total. The zero-order chi connectivity index (χ0) is 15.0. The minimum Gasteiger partial charge on any atom is -0.351 e. The Morgan fingerprint density at radius 1 is 1.20 bits per heavy atom. The first-order valence-corrected chi connectivity index (χ1v) is 7.45. The standard InChI is InChI=1S/C16H27N3O/c1-4-5-6-7-12(2)18-13(3)14-8-10-15(11-9-14)19-16(17)20/h8-13,18H,4-7H2,1-3H3,(H3,17,19,20). The molecule has 0 fully saturated rings. The Bertz CT molecular complexity index is 403. The largest absolute Gasteiger partial charge is 0.351 e. The Hall–Kier alpha value is -1.55. The van der Waals surface area contributed by atoms with Crippen molar-refractivity contribution in [3.63, 3.8) is 0 Å². The van der Waals surface area contributed by atoms with E-state index in [2.05, 4.69) is 31.4 Å². The van der Waals surface area contributed by atoms with Gasteiger partial charge in [0.1, 0.15) is 0 Å². The molecule has 1 aromatic carbocycles. The maximum absolute atomic E-state index is 10.8. The molecule has 0 spiro atoms. The Morgan fingerprint density at radius 2 is 1.85 bits per heavy atom. The molecule has 1 rings (SSSR count). The lowest BCUT2D eigenvalue weighted by molar-refractivity contribution is 0.259. The van der Waals surface area contributed by atoms with E-state index < -0.39 is 6.03 Å². The third-order valence-corrected chi connectivity index (χ3v) is 3.45. The molecule has 2 atom stereocenters. The van der Waals surface area contributed by atoms with Crippen LogP contribution in [0.5, 0.6) is 0 Å². The van der Waals surface area contributed by atoms with Crippen LogP contribution in [-0.4, -0.2) is 12.1 Å². The highest BCUT2D eigenvalue weighted by Crippen LogP contribution is 2.17. The quantitative estimate of drug-likeness (QED) is 0.633. The van der Waals surface area contributed by atoms with Gasteiger partial charge in [-0.2, -0.15) is 0 Å². The zero-order valence-electron chi connectivity index (χ0n) is 12.8. The molecule has 0 saturated carbocycles. The van der Waals surface area contributed by atoms with Crippen molar-refractivity contribution in [2.45, 2.75) is 58.5 Å². The van der Waals surface area contributed by atoms with Gasteiger partial charge >= 0.3 is 6.03 Å². The number of hydrogen-bond donors (Lipinski definition) is 3. The van der Waals surface area contributed by atoms with Crippen LogP contribution in [0.4, 0.5) is 10.5 Å². The number of carbonyl (C=O) groups excluding carboxylic acids is 1. The predicted molar refractivity (Wildman–Crippen MR) is 84.8 cm³/mol. The van der Waals surface area contributed by atoms with E-state index in [-0.39, 0.29) is 0 Å². The molecule has 20 heavy (non-hydrogen) atoms. The summed E-state index contributed by atoms with van der Waals surface area (Å²) in [4.78, 5) is 10.8. The van der Waals surface area contributed by atoms with Crippen molar-refractivity contribution in [3.05, 3.63) is 29.8 Å². The third kappa shape index (κ3) is 6.06. The van der Waals surface area contributed by atoms with Gasteiger partial charge in [0.2, 0.25) is 0 Å². The minimum absolute atomic E-state index is 0.300. The molecule has 112 valence electrons. The van der Waals surface area contributed by atoms with Gasteiger partial charge in [0.05, 0.1) is 0 Å². The third-order valence-electron chi connectivity index (χ3n) is 3.45. The molecular formula is C16H27N3O. The van der Waals surface area contributed by atoms with E-state index >= 15 is 0 Å².